The van der Waals surface area contributed by atoms with E-state index in [0.29, 0.717) is 11.6 Å². The van der Waals surface area contributed by atoms with E-state index in [1.807, 2.05) is 20.8 Å². The smallest absolute Gasteiger partial charge is 0.211 e. The number of sulfonamides is 1. The Balaban J connectivity index is 3.02. The minimum absolute atomic E-state index is 0.0101. The van der Waals surface area contributed by atoms with Gasteiger partial charge in [0, 0.05) is 11.6 Å². The number of benzene rings is 1. The number of hydrogen-bond donors (Lipinski definition) is 1. The Hall–Kier alpha value is -0.290. The molecule has 0 atom stereocenters. The molecule has 1 rings (SSSR count). The lowest BCUT2D eigenvalue weighted by Gasteiger charge is -2.19. The third kappa shape index (κ3) is 4.47. The van der Waals surface area contributed by atoms with Crippen LogP contribution in [0.15, 0.2) is 23.1 Å². The summed E-state index contributed by atoms with van der Waals surface area (Å²) in [4.78, 5) is 0.0101. The highest BCUT2D eigenvalue weighted by atomic mass is 35.5. The van der Waals surface area contributed by atoms with Gasteiger partial charge in [-0.1, -0.05) is 44.0 Å². The summed E-state index contributed by atoms with van der Waals surface area (Å²) in [5, 5.41) is 0.501. The molecular weight excluding hydrogens is 281 g/mol. The summed E-state index contributed by atoms with van der Waals surface area (Å²) in [5.41, 5.74) is -0.141. The van der Waals surface area contributed by atoms with E-state index in [4.69, 9.17) is 23.2 Å². The first-order valence-corrected chi connectivity index (χ1v) is 7.30. The van der Waals surface area contributed by atoms with E-state index in [1.165, 1.54) is 12.1 Å². The van der Waals surface area contributed by atoms with Gasteiger partial charge in [0.1, 0.15) is 4.90 Å². The molecule has 1 aromatic rings. The molecule has 0 aromatic heterocycles. The highest BCUT2D eigenvalue weighted by Gasteiger charge is 2.21. The summed E-state index contributed by atoms with van der Waals surface area (Å²) in [6.45, 7) is 6.15. The van der Waals surface area contributed by atoms with E-state index in [0.717, 1.165) is 0 Å². The standard InChI is InChI=1S/C11H15Cl2NO2S/c1-11(2,3)7-14-17(15,16)10-6-8(12)4-5-9(10)13/h4-6,14H,7H2,1-3H3. The number of hydrogen-bond acceptors (Lipinski definition) is 2. The Labute approximate surface area is 112 Å². The molecule has 0 bridgehead atoms. The van der Waals surface area contributed by atoms with Crippen LogP contribution < -0.4 is 4.72 Å². The molecule has 0 aliphatic carbocycles. The van der Waals surface area contributed by atoms with Crippen molar-refractivity contribution in [2.45, 2.75) is 25.7 Å². The van der Waals surface area contributed by atoms with Crippen molar-refractivity contribution in [3.05, 3.63) is 28.2 Å². The zero-order chi connectivity index (χ0) is 13.3. The third-order valence-electron chi connectivity index (χ3n) is 1.98. The Morgan fingerprint density at radius 3 is 2.35 bits per heavy atom. The summed E-state index contributed by atoms with van der Waals surface area (Å²) in [6, 6.07) is 4.36. The van der Waals surface area contributed by atoms with Crippen LogP contribution in [-0.2, 0) is 10.0 Å². The molecule has 0 saturated heterocycles. The Bertz CT molecular complexity index is 507. The number of nitrogens with one attached hydrogen (secondary N) is 1. The number of halogens is 2. The SMILES string of the molecule is CC(C)(C)CNS(=O)(=O)c1cc(Cl)ccc1Cl. The summed E-state index contributed by atoms with van der Waals surface area (Å²) >= 11 is 11.6. The van der Waals surface area contributed by atoms with Gasteiger partial charge in [-0.15, -0.1) is 0 Å². The van der Waals surface area contributed by atoms with Gasteiger partial charge in [0.15, 0.2) is 0 Å². The second-order valence-corrected chi connectivity index (χ2v) is 7.54. The molecule has 1 N–H and O–H groups in total. The quantitative estimate of drug-likeness (QED) is 0.930. The molecule has 0 fully saturated rings. The van der Waals surface area contributed by atoms with E-state index in [1.54, 1.807) is 6.07 Å². The molecule has 3 nitrogen and oxygen atoms in total. The van der Waals surface area contributed by atoms with Crippen LogP contribution in [0.3, 0.4) is 0 Å². The molecule has 0 spiro atoms. The maximum Gasteiger partial charge on any atom is 0.242 e. The second-order valence-electron chi connectivity index (χ2n) is 4.96. The zero-order valence-electron chi connectivity index (χ0n) is 9.92. The molecule has 0 amide bonds. The van der Waals surface area contributed by atoms with Crippen LogP contribution in [0.2, 0.25) is 10.0 Å². The Morgan fingerprint density at radius 2 is 1.82 bits per heavy atom. The first-order chi connectivity index (χ1) is 7.62. The van der Waals surface area contributed by atoms with Crippen molar-refractivity contribution in [2.24, 2.45) is 5.41 Å². The van der Waals surface area contributed by atoms with Crippen molar-refractivity contribution in [1.82, 2.24) is 4.72 Å². The zero-order valence-corrected chi connectivity index (χ0v) is 12.2. The van der Waals surface area contributed by atoms with Crippen LogP contribution in [0.4, 0.5) is 0 Å². The molecule has 0 radical (unpaired) electrons. The number of rotatable bonds is 3. The van der Waals surface area contributed by atoms with Gasteiger partial charge in [0.05, 0.1) is 5.02 Å². The molecule has 0 heterocycles. The lowest BCUT2D eigenvalue weighted by atomic mass is 9.98. The van der Waals surface area contributed by atoms with Crippen LogP contribution in [0.25, 0.3) is 0 Å². The van der Waals surface area contributed by atoms with E-state index in [-0.39, 0.29) is 15.3 Å². The topological polar surface area (TPSA) is 46.2 Å². The van der Waals surface area contributed by atoms with Gasteiger partial charge in [0.2, 0.25) is 10.0 Å². The van der Waals surface area contributed by atoms with E-state index >= 15 is 0 Å². The lowest BCUT2D eigenvalue weighted by Crippen LogP contribution is -2.32. The van der Waals surface area contributed by atoms with Gasteiger partial charge in [-0.2, -0.15) is 0 Å². The molecular formula is C11H15Cl2NO2S. The largest absolute Gasteiger partial charge is 0.242 e. The van der Waals surface area contributed by atoms with Gasteiger partial charge in [-0.25, -0.2) is 13.1 Å². The average Bonchev–Trinajstić information content (AvgIpc) is 2.18. The van der Waals surface area contributed by atoms with Crippen molar-refractivity contribution in [3.63, 3.8) is 0 Å². The van der Waals surface area contributed by atoms with E-state index < -0.39 is 10.0 Å². The summed E-state index contributed by atoms with van der Waals surface area (Å²) in [5.74, 6) is 0. The normalized spacial score (nSPS) is 12.8. The first-order valence-electron chi connectivity index (χ1n) is 5.06. The molecule has 17 heavy (non-hydrogen) atoms. The Kier molecular flexibility index (Phi) is 4.47. The van der Waals surface area contributed by atoms with Gasteiger partial charge in [-0.3, -0.25) is 0 Å². The molecule has 0 aliphatic heterocycles. The van der Waals surface area contributed by atoms with Crippen molar-refractivity contribution in [3.8, 4) is 0 Å². The van der Waals surface area contributed by atoms with Gasteiger partial charge < -0.3 is 0 Å². The van der Waals surface area contributed by atoms with E-state index in [9.17, 15) is 8.42 Å². The van der Waals surface area contributed by atoms with Crippen molar-refractivity contribution in [2.75, 3.05) is 6.54 Å². The Morgan fingerprint density at radius 1 is 1.24 bits per heavy atom. The van der Waals surface area contributed by atoms with Crippen LogP contribution in [0.5, 0.6) is 0 Å². The van der Waals surface area contributed by atoms with Gasteiger partial charge in [-0.05, 0) is 23.6 Å². The maximum absolute atomic E-state index is 12.0. The monoisotopic (exact) mass is 295 g/mol. The molecule has 0 saturated carbocycles. The van der Waals surface area contributed by atoms with E-state index in [2.05, 4.69) is 4.72 Å². The fourth-order valence-corrected chi connectivity index (χ4v) is 3.12. The van der Waals surface area contributed by atoms with Crippen LogP contribution in [0, 0.1) is 5.41 Å². The fraction of sp³-hybridized carbons (Fsp3) is 0.455. The second kappa shape index (κ2) is 5.14. The lowest BCUT2D eigenvalue weighted by molar-refractivity contribution is 0.407. The molecule has 6 heteroatoms. The van der Waals surface area contributed by atoms with Gasteiger partial charge >= 0.3 is 0 Å². The minimum atomic E-state index is -3.61. The molecule has 0 aliphatic rings. The van der Waals surface area contributed by atoms with Crippen molar-refractivity contribution >= 4 is 33.2 Å². The summed E-state index contributed by atoms with van der Waals surface area (Å²) in [7, 11) is -3.61. The minimum Gasteiger partial charge on any atom is -0.211 e. The third-order valence-corrected chi connectivity index (χ3v) is 4.09. The van der Waals surface area contributed by atoms with Crippen molar-refractivity contribution < 1.29 is 8.42 Å². The average molecular weight is 296 g/mol. The summed E-state index contributed by atoms with van der Waals surface area (Å²) < 4.78 is 26.5. The predicted octanol–water partition coefficient (Wildman–Crippen LogP) is 3.32. The van der Waals surface area contributed by atoms with Crippen LogP contribution in [-0.4, -0.2) is 15.0 Å². The predicted molar refractivity (Wildman–Crippen MR) is 71.1 cm³/mol. The molecule has 0 unspecified atom stereocenters. The van der Waals surface area contributed by atoms with Crippen LogP contribution >= 0.6 is 23.2 Å². The van der Waals surface area contributed by atoms with Crippen LogP contribution in [0.1, 0.15) is 20.8 Å². The summed E-state index contributed by atoms with van der Waals surface area (Å²) in [6.07, 6.45) is 0. The first kappa shape index (κ1) is 14.8. The molecule has 1 aromatic carbocycles. The molecule has 96 valence electrons. The van der Waals surface area contributed by atoms with Crippen molar-refractivity contribution in [1.29, 1.82) is 0 Å². The highest BCUT2D eigenvalue weighted by molar-refractivity contribution is 7.89. The highest BCUT2D eigenvalue weighted by Crippen LogP contribution is 2.25. The van der Waals surface area contributed by atoms with Gasteiger partial charge in [0.25, 0.3) is 0 Å². The fourth-order valence-electron chi connectivity index (χ4n) is 1.07. The maximum atomic E-state index is 12.0.